The molecule has 2 heteroatoms. The highest BCUT2D eigenvalue weighted by molar-refractivity contribution is 5.41. The number of rotatable bonds is 0. The molecule has 0 aliphatic heterocycles. The summed E-state index contributed by atoms with van der Waals surface area (Å²) in [7, 11) is 1.90. The summed E-state index contributed by atoms with van der Waals surface area (Å²) in [5.41, 5.74) is 2.18. The Morgan fingerprint density at radius 1 is 1.43 bits per heavy atom. The third-order valence-corrected chi connectivity index (χ3v) is 2.09. The zero-order valence-corrected chi connectivity index (χ0v) is 8.20. The third kappa shape index (κ3) is 2.14. The largest absolute Gasteiger partial charge is 0.275 e. The van der Waals surface area contributed by atoms with Crippen LogP contribution in [-0.4, -0.2) is 9.78 Å². The maximum absolute atomic E-state index is 4.06. The summed E-state index contributed by atoms with van der Waals surface area (Å²) in [5, 5.41) is 4.06. The molecule has 1 aromatic heterocycles. The van der Waals surface area contributed by atoms with E-state index in [1.54, 1.807) is 10.9 Å². The van der Waals surface area contributed by atoms with Crippen LogP contribution in [0.2, 0.25) is 0 Å². The molecule has 0 saturated heterocycles. The van der Waals surface area contributed by atoms with Crippen molar-refractivity contribution in [1.82, 2.24) is 9.78 Å². The molecule has 0 fully saturated rings. The van der Waals surface area contributed by atoms with Gasteiger partial charge in [-0.2, -0.15) is 5.10 Å². The quantitative estimate of drug-likeness (QED) is 0.564. The van der Waals surface area contributed by atoms with E-state index in [1.807, 2.05) is 13.2 Å². The Balaban J connectivity index is 2.13. The van der Waals surface area contributed by atoms with Gasteiger partial charge in [0.1, 0.15) is 0 Å². The van der Waals surface area contributed by atoms with Crippen molar-refractivity contribution in [3.63, 3.8) is 0 Å². The van der Waals surface area contributed by atoms with Gasteiger partial charge in [0.15, 0.2) is 0 Å². The average molecular weight is 184 g/mol. The van der Waals surface area contributed by atoms with E-state index in [1.165, 1.54) is 5.57 Å². The van der Waals surface area contributed by atoms with Crippen LogP contribution in [0.15, 0.2) is 36.2 Å². The van der Waals surface area contributed by atoms with Gasteiger partial charge >= 0.3 is 0 Å². The average Bonchev–Trinajstić information content (AvgIpc) is 2.63. The van der Waals surface area contributed by atoms with Crippen molar-refractivity contribution in [1.29, 1.82) is 0 Å². The molecule has 2 rings (SSSR count). The number of hydrogen-bond acceptors (Lipinski definition) is 1. The Kier molecular flexibility index (Phi) is 2.51. The lowest BCUT2D eigenvalue weighted by Crippen LogP contribution is -1.84. The highest BCUT2D eigenvalue weighted by Gasteiger charge is 1.95. The van der Waals surface area contributed by atoms with Crippen molar-refractivity contribution in [3.05, 3.63) is 41.8 Å². The second-order valence-corrected chi connectivity index (χ2v) is 3.31. The summed E-state index contributed by atoms with van der Waals surface area (Å²) in [6.07, 6.45) is 12.2. The second kappa shape index (κ2) is 3.97. The lowest BCUT2D eigenvalue weighted by molar-refractivity contribution is 0.767. The zero-order chi connectivity index (χ0) is 9.80. The summed E-state index contributed by atoms with van der Waals surface area (Å²) >= 11 is 0. The fourth-order valence-corrected chi connectivity index (χ4v) is 1.34. The van der Waals surface area contributed by atoms with E-state index >= 15 is 0 Å². The molecule has 14 heavy (non-hydrogen) atoms. The molecule has 0 amide bonds. The van der Waals surface area contributed by atoms with Crippen LogP contribution < -0.4 is 0 Å². The Labute approximate surface area is 83.9 Å². The molecule has 0 unspecified atom stereocenters. The van der Waals surface area contributed by atoms with Gasteiger partial charge in [-0.15, -0.1) is 0 Å². The Bertz CT molecular complexity index is 438. The van der Waals surface area contributed by atoms with Crippen molar-refractivity contribution >= 4 is 0 Å². The molecule has 1 aromatic rings. The van der Waals surface area contributed by atoms with Gasteiger partial charge in [0.2, 0.25) is 0 Å². The molecule has 70 valence electrons. The zero-order valence-electron chi connectivity index (χ0n) is 8.20. The molecule has 0 bridgehead atoms. The van der Waals surface area contributed by atoms with Gasteiger partial charge in [0, 0.05) is 18.8 Å². The van der Waals surface area contributed by atoms with Crippen LogP contribution >= 0.6 is 0 Å². The summed E-state index contributed by atoms with van der Waals surface area (Å²) in [6.45, 7) is 0. The van der Waals surface area contributed by atoms with Crippen LogP contribution in [0, 0.1) is 11.8 Å². The van der Waals surface area contributed by atoms with Crippen LogP contribution in [0.3, 0.4) is 0 Å². The summed E-state index contributed by atoms with van der Waals surface area (Å²) in [5.74, 6) is 6.26. The maximum Gasteiger partial charge on any atom is 0.0646 e. The summed E-state index contributed by atoms with van der Waals surface area (Å²) in [6, 6.07) is 0. The minimum Gasteiger partial charge on any atom is -0.275 e. The maximum atomic E-state index is 4.06. The molecule has 0 spiro atoms. The van der Waals surface area contributed by atoms with Crippen LogP contribution in [0.5, 0.6) is 0 Å². The number of nitrogens with zero attached hydrogens (tertiary/aromatic N) is 2. The van der Waals surface area contributed by atoms with Crippen LogP contribution in [0.25, 0.3) is 0 Å². The van der Waals surface area contributed by atoms with E-state index in [-0.39, 0.29) is 0 Å². The predicted molar refractivity (Wildman–Crippen MR) is 56.5 cm³/mol. The van der Waals surface area contributed by atoms with E-state index in [9.17, 15) is 0 Å². The Morgan fingerprint density at radius 3 is 3.00 bits per heavy atom. The lowest BCUT2D eigenvalue weighted by atomic mass is 10.1. The summed E-state index contributed by atoms with van der Waals surface area (Å²) in [4.78, 5) is 0. The van der Waals surface area contributed by atoms with Crippen LogP contribution in [0.4, 0.5) is 0 Å². The molecule has 0 atom stereocenters. The Morgan fingerprint density at radius 2 is 2.36 bits per heavy atom. The van der Waals surface area contributed by atoms with Crippen molar-refractivity contribution in [2.75, 3.05) is 0 Å². The molecule has 1 aliphatic carbocycles. The minimum absolute atomic E-state index is 0.975. The van der Waals surface area contributed by atoms with Crippen molar-refractivity contribution in [2.24, 2.45) is 7.05 Å². The van der Waals surface area contributed by atoms with Gasteiger partial charge in [-0.1, -0.05) is 30.1 Å². The van der Waals surface area contributed by atoms with Crippen molar-refractivity contribution in [2.45, 2.75) is 12.8 Å². The van der Waals surface area contributed by atoms with Gasteiger partial charge in [-0.25, -0.2) is 0 Å². The van der Waals surface area contributed by atoms with Gasteiger partial charge < -0.3 is 0 Å². The summed E-state index contributed by atoms with van der Waals surface area (Å²) < 4.78 is 1.76. The first-order valence-corrected chi connectivity index (χ1v) is 4.71. The molecule has 0 saturated carbocycles. The molecular weight excluding hydrogens is 172 g/mol. The van der Waals surface area contributed by atoms with Crippen molar-refractivity contribution in [3.8, 4) is 11.8 Å². The number of allylic oxidation sites excluding steroid dienone is 4. The van der Waals surface area contributed by atoms with Gasteiger partial charge in [-0.3, -0.25) is 4.68 Å². The van der Waals surface area contributed by atoms with E-state index < -0.39 is 0 Å². The van der Waals surface area contributed by atoms with Gasteiger partial charge in [0.05, 0.1) is 11.8 Å². The van der Waals surface area contributed by atoms with E-state index in [0.717, 1.165) is 18.4 Å². The third-order valence-electron chi connectivity index (χ3n) is 2.09. The standard InChI is InChI=1S/C12H12N2/c1-14-10-12(9-13-14)8-7-11-5-3-2-4-6-11/h2-3,5,9-10H,4,6H2,1H3. The molecule has 0 aromatic carbocycles. The SMILES string of the molecule is Cn1cc(C#CC2=CC=CCC2)cn1. The molecular formula is C12H12N2. The van der Waals surface area contributed by atoms with E-state index in [2.05, 4.69) is 35.2 Å². The van der Waals surface area contributed by atoms with E-state index in [4.69, 9.17) is 0 Å². The number of aromatic nitrogens is 2. The van der Waals surface area contributed by atoms with Crippen molar-refractivity contribution < 1.29 is 0 Å². The van der Waals surface area contributed by atoms with Gasteiger partial charge in [0.25, 0.3) is 0 Å². The molecule has 0 radical (unpaired) electrons. The van der Waals surface area contributed by atoms with E-state index in [0.29, 0.717) is 0 Å². The topological polar surface area (TPSA) is 17.8 Å². The number of aryl methyl sites for hydroxylation is 1. The molecule has 1 aliphatic rings. The first-order valence-electron chi connectivity index (χ1n) is 4.71. The monoisotopic (exact) mass is 184 g/mol. The second-order valence-electron chi connectivity index (χ2n) is 3.31. The highest BCUT2D eigenvalue weighted by atomic mass is 15.2. The molecule has 1 heterocycles. The highest BCUT2D eigenvalue weighted by Crippen LogP contribution is 2.10. The lowest BCUT2D eigenvalue weighted by Gasteiger charge is -1.98. The first-order chi connectivity index (χ1) is 6.84. The van der Waals surface area contributed by atoms with Crippen LogP contribution in [0.1, 0.15) is 18.4 Å². The normalized spacial score (nSPS) is 14.5. The first kappa shape index (κ1) is 8.83. The minimum atomic E-state index is 0.975. The predicted octanol–water partition coefficient (Wildman–Crippen LogP) is 2.05. The molecule has 2 nitrogen and oxygen atoms in total. The Hall–Kier alpha value is -1.75. The smallest absolute Gasteiger partial charge is 0.0646 e. The van der Waals surface area contributed by atoms with Crippen LogP contribution in [-0.2, 0) is 7.05 Å². The fraction of sp³-hybridized carbons (Fsp3) is 0.250. The fourth-order valence-electron chi connectivity index (χ4n) is 1.34. The van der Waals surface area contributed by atoms with Gasteiger partial charge in [-0.05, 0) is 12.8 Å². The molecule has 0 N–H and O–H groups in total. The number of hydrogen-bond donors (Lipinski definition) is 0.